The van der Waals surface area contributed by atoms with Crippen molar-refractivity contribution >= 4 is 17.0 Å². The summed E-state index contributed by atoms with van der Waals surface area (Å²) in [5, 5.41) is 0. The molecule has 0 saturated heterocycles. The van der Waals surface area contributed by atoms with Gasteiger partial charge in [0.2, 0.25) is 0 Å². The van der Waals surface area contributed by atoms with Gasteiger partial charge in [0.25, 0.3) is 5.91 Å². The van der Waals surface area contributed by atoms with E-state index < -0.39 is 0 Å². The molecule has 122 valence electrons. The van der Waals surface area contributed by atoms with Crippen LogP contribution >= 0.6 is 0 Å². The lowest BCUT2D eigenvalue weighted by Gasteiger charge is -2.29. The first-order valence-electron chi connectivity index (χ1n) is 8.17. The van der Waals surface area contributed by atoms with E-state index in [0.29, 0.717) is 36.3 Å². The molecule has 2 aromatic carbocycles. The minimum atomic E-state index is -0.385. The van der Waals surface area contributed by atoms with Crippen molar-refractivity contribution in [1.29, 1.82) is 0 Å². The molecule has 1 aliphatic rings. The molecule has 2 heterocycles. The Labute approximate surface area is 139 Å². The van der Waals surface area contributed by atoms with E-state index in [0.717, 1.165) is 6.42 Å². The summed E-state index contributed by atoms with van der Waals surface area (Å²) >= 11 is 0. The quantitative estimate of drug-likeness (QED) is 0.729. The number of rotatable bonds is 2. The van der Waals surface area contributed by atoms with Gasteiger partial charge < -0.3 is 9.32 Å². The molecule has 5 nitrogen and oxygen atoms in total. The van der Waals surface area contributed by atoms with Crippen LogP contribution in [0.25, 0.3) is 11.1 Å². The predicted molar refractivity (Wildman–Crippen MR) is 91.0 cm³/mol. The van der Waals surface area contributed by atoms with Crippen LogP contribution < -0.4 is 5.76 Å². The van der Waals surface area contributed by atoms with Crippen LogP contribution in [0.5, 0.6) is 0 Å². The van der Waals surface area contributed by atoms with Crippen LogP contribution in [-0.2, 0) is 19.5 Å². The zero-order chi connectivity index (χ0) is 16.7. The summed E-state index contributed by atoms with van der Waals surface area (Å²) in [6, 6.07) is 13.4. The number of benzene rings is 2. The molecule has 1 amide bonds. The molecular weight excluding hydrogens is 304 g/mol. The molecule has 0 unspecified atom stereocenters. The first-order valence-corrected chi connectivity index (χ1v) is 8.17. The Hall–Kier alpha value is -2.82. The molecule has 1 aromatic heterocycles. The number of carbonyl (C=O) groups excluding carboxylic acids is 1. The number of carbonyl (C=O) groups is 1. The van der Waals surface area contributed by atoms with Gasteiger partial charge in [0, 0.05) is 25.2 Å². The summed E-state index contributed by atoms with van der Waals surface area (Å²) in [5.41, 5.74) is 4.29. The second kappa shape index (κ2) is 5.67. The van der Waals surface area contributed by atoms with Crippen molar-refractivity contribution < 1.29 is 9.21 Å². The third-order valence-electron chi connectivity index (χ3n) is 4.65. The Kier molecular flexibility index (Phi) is 3.49. The third-order valence-corrected chi connectivity index (χ3v) is 4.65. The predicted octanol–water partition coefficient (Wildman–Crippen LogP) is 2.81. The fraction of sp³-hybridized carbons (Fsp3) is 0.263. The average molecular weight is 322 g/mol. The molecule has 0 aliphatic carbocycles. The lowest BCUT2D eigenvalue weighted by Crippen LogP contribution is -2.35. The minimum Gasteiger partial charge on any atom is -0.408 e. The van der Waals surface area contributed by atoms with Crippen LogP contribution in [0.4, 0.5) is 0 Å². The molecule has 0 bridgehead atoms. The van der Waals surface area contributed by atoms with Crippen LogP contribution in [0.3, 0.4) is 0 Å². The standard InChI is InChI=1S/C19H18N2O3/c1-2-21-16-11-14(7-8-17(16)24-19(21)23)18(22)20-10-9-13-5-3-4-6-15(13)12-20/h3-8,11H,2,9-10,12H2,1H3. The lowest BCUT2D eigenvalue weighted by atomic mass is 9.99. The molecule has 3 aromatic rings. The second-order valence-corrected chi connectivity index (χ2v) is 6.04. The number of nitrogens with zero attached hydrogens (tertiary/aromatic N) is 2. The van der Waals surface area contributed by atoms with E-state index in [1.165, 1.54) is 15.7 Å². The SMILES string of the molecule is CCn1c(=O)oc2ccc(C(=O)N3CCc4ccccc4C3)cc21. The minimum absolute atomic E-state index is 0.0114. The highest BCUT2D eigenvalue weighted by Gasteiger charge is 2.22. The van der Waals surface area contributed by atoms with Crippen LogP contribution in [-0.4, -0.2) is 21.9 Å². The third kappa shape index (κ3) is 2.33. The molecule has 4 rings (SSSR count). The van der Waals surface area contributed by atoms with Crippen molar-refractivity contribution in [2.24, 2.45) is 0 Å². The van der Waals surface area contributed by atoms with E-state index in [2.05, 4.69) is 12.1 Å². The van der Waals surface area contributed by atoms with Gasteiger partial charge in [-0.15, -0.1) is 0 Å². The Morgan fingerprint density at radius 2 is 1.96 bits per heavy atom. The van der Waals surface area contributed by atoms with Crippen LogP contribution in [0.2, 0.25) is 0 Å². The molecule has 0 fully saturated rings. The van der Waals surface area contributed by atoms with Gasteiger partial charge in [-0.3, -0.25) is 9.36 Å². The first kappa shape index (κ1) is 14.8. The van der Waals surface area contributed by atoms with E-state index >= 15 is 0 Å². The highest BCUT2D eigenvalue weighted by Crippen LogP contribution is 2.22. The lowest BCUT2D eigenvalue weighted by molar-refractivity contribution is 0.0735. The van der Waals surface area contributed by atoms with Gasteiger partial charge in [0.15, 0.2) is 5.58 Å². The number of aryl methyl sites for hydroxylation is 1. The molecular formula is C19H18N2O3. The van der Waals surface area contributed by atoms with Gasteiger partial charge in [-0.1, -0.05) is 24.3 Å². The monoisotopic (exact) mass is 322 g/mol. The molecule has 0 N–H and O–H groups in total. The zero-order valence-corrected chi connectivity index (χ0v) is 13.5. The Balaban J connectivity index is 1.68. The average Bonchev–Trinajstić information content (AvgIpc) is 2.94. The summed E-state index contributed by atoms with van der Waals surface area (Å²) in [6.45, 7) is 3.73. The topological polar surface area (TPSA) is 55.5 Å². The number of aromatic nitrogens is 1. The summed E-state index contributed by atoms with van der Waals surface area (Å²) in [7, 11) is 0. The maximum absolute atomic E-state index is 12.9. The molecule has 0 radical (unpaired) electrons. The van der Waals surface area contributed by atoms with E-state index in [1.807, 2.05) is 24.0 Å². The van der Waals surface area contributed by atoms with Gasteiger partial charge in [-0.2, -0.15) is 0 Å². The highest BCUT2D eigenvalue weighted by atomic mass is 16.4. The summed E-state index contributed by atoms with van der Waals surface area (Å²) in [4.78, 5) is 26.5. The zero-order valence-electron chi connectivity index (χ0n) is 13.5. The van der Waals surface area contributed by atoms with Gasteiger partial charge in [0.05, 0.1) is 5.52 Å². The Morgan fingerprint density at radius 1 is 1.17 bits per heavy atom. The maximum Gasteiger partial charge on any atom is 0.419 e. The number of hydrogen-bond donors (Lipinski definition) is 0. The number of amides is 1. The normalized spacial score (nSPS) is 14.0. The van der Waals surface area contributed by atoms with E-state index in [-0.39, 0.29) is 11.7 Å². The molecule has 24 heavy (non-hydrogen) atoms. The summed E-state index contributed by atoms with van der Waals surface area (Å²) in [5.74, 6) is -0.397. The molecule has 0 saturated carbocycles. The van der Waals surface area contributed by atoms with Gasteiger partial charge >= 0.3 is 5.76 Å². The van der Waals surface area contributed by atoms with Crippen molar-refractivity contribution in [1.82, 2.24) is 9.47 Å². The fourth-order valence-electron chi connectivity index (χ4n) is 3.35. The highest BCUT2D eigenvalue weighted by molar-refractivity contribution is 5.97. The summed E-state index contributed by atoms with van der Waals surface area (Å²) in [6.07, 6.45) is 0.871. The van der Waals surface area contributed by atoms with Crippen LogP contribution in [0.15, 0.2) is 51.7 Å². The van der Waals surface area contributed by atoms with E-state index in [4.69, 9.17) is 4.42 Å². The molecule has 0 atom stereocenters. The number of hydrogen-bond acceptors (Lipinski definition) is 3. The molecule has 5 heteroatoms. The fourth-order valence-corrected chi connectivity index (χ4v) is 3.35. The number of fused-ring (bicyclic) bond motifs is 2. The molecule has 0 spiro atoms. The number of oxazole rings is 1. The van der Waals surface area contributed by atoms with Crippen molar-refractivity contribution in [3.05, 3.63) is 69.7 Å². The smallest absolute Gasteiger partial charge is 0.408 e. The van der Waals surface area contributed by atoms with Gasteiger partial charge in [-0.25, -0.2) is 4.79 Å². The van der Waals surface area contributed by atoms with Crippen molar-refractivity contribution in [2.45, 2.75) is 26.4 Å². The van der Waals surface area contributed by atoms with Gasteiger partial charge in [-0.05, 0) is 42.7 Å². The summed E-state index contributed by atoms with van der Waals surface area (Å²) < 4.78 is 6.74. The van der Waals surface area contributed by atoms with E-state index in [1.54, 1.807) is 18.2 Å². The van der Waals surface area contributed by atoms with Crippen LogP contribution in [0.1, 0.15) is 28.4 Å². The molecule has 1 aliphatic heterocycles. The Bertz CT molecular complexity index is 984. The first-order chi connectivity index (χ1) is 11.7. The van der Waals surface area contributed by atoms with Crippen molar-refractivity contribution in [2.75, 3.05) is 6.54 Å². The van der Waals surface area contributed by atoms with Crippen molar-refractivity contribution in [3.8, 4) is 0 Å². The van der Waals surface area contributed by atoms with Gasteiger partial charge in [0.1, 0.15) is 0 Å². The largest absolute Gasteiger partial charge is 0.419 e. The van der Waals surface area contributed by atoms with E-state index in [9.17, 15) is 9.59 Å². The Morgan fingerprint density at radius 3 is 2.75 bits per heavy atom. The maximum atomic E-state index is 12.9. The van der Waals surface area contributed by atoms with Crippen molar-refractivity contribution in [3.63, 3.8) is 0 Å². The second-order valence-electron chi connectivity index (χ2n) is 6.04. The van der Waals surface area contributed by atoms with Crippen LogP contribution in [0, 0.1) is 0 Å².